The highest BCUT2D eigenvalue weighted by Gasteiger charge is 2.35. The van der Waals surface area contributed by atoms with Crippen LogP contribution < -0.4 is 10.6 Å². The lowest BCUT2D eigenvalue weighted by Gasteiger charge is -2.45. The predicted octanol–water partition coefficient (Wildman–Crippen LogP) is 0.440. The van der Waals surface area contributed by atoms with Crippen LogP contribution in [-0.2, 0) is 4.79 Å². The van der Waals surface area contributed by atoms with E-state index in [-0.39, 0.29) is 5.91 Å². The lowest BCUT2D eigenvalue weighted by Crippen LogP contribution is -2.62. The molecule has 1 amide bonds. The molecule has 4 heteroatoms. The number of piperazine rings is 2. The summed E-state index contributed by atoms with van der Waals surface area (Å²) in [5, 5.41) is 6.42. The number of nitrogens with one attached hydrogen (secondary N) is 2. The molecule has 0 aliphatic carbocycles. The standard InChI is InChI=1S/C14H19N3O/c1-10-3-2-4-11(5-10)13-8-15-6-12-7-16-14(18)9-17(12)13/h2-5,12-13,15H,6-9H2,1H3,(H,16,18). The normalized spacial score (nSPS) is 28.6. The van der Waals surface area contributed by atoms with Crippen molar-refractivity contribution in [3.63, 3.8) is 0 Å². The minimum atomic E-state index is 0.144. The van der Waals surface area contributed by atoms with Gasteiger partial charge in [0.15, 0.2) is 0 Å². The van der Waals surface area contributed by atoms with Gasteiger partial charge in [-0.15, -0.1) is 0 Å². The molecule has 1 aromatic rings. The minimum Gasteiger partial charge on any atom is -0.353 e. The molecule has 2 heterocycles. The summed E-state index contributed by atoms with van der Waals surface area (Å²) in [6.07, 6.45) is 0. The summed E-state index contributed by atoms with van der Waals surface area (Å²) in [5.74, 6) is 0.144. The number of amides is 1. The zero-order valence-corrected chi connectivity index (χ0v) is 10.6. The molecule has 2 unspecified atom stereocenters. The van der Waals surface area contributed by atoms with Crippen molar-refractivity contribution in [1.29, 1.82) is 0 Å². The van der Waals surface area contributed by atoms with Gasteiger partial charge in [-0.2, -0.15) is 0 Å². The first-order valence-electron chi connectivity index (χ1n) is 6.54. The van der Waals surface area contributed by atoms with E-state index >= 15 is 0 Å². The maximum atomic E-state index is 11.6. The van der Waals surface area contributed by atoms with Crippen molar-refractivity contribution in [2.75, 3.05) is 26.2 Å². The van der Waals surface area contributed by atoms with Crippen LogP contribution in [-0.4, -0.2) is 43.0 Å². The molecule has 2 saturated heterocycles. The Hall–Kier alpha value is -1.39. The predicted molar refractivity (Wildman–Crippen MR) is 70.3 cm³/mol. The van der Waals surface area contributed by atoms with E-state index in [1.807, 2.05) is 0 Å². The molecule has 2 aliphatic heterocycles. The van der Waals surface area contributed by atoms with Crippen LogP contribution in [0.5, 0.6) is 0 Å². The Morgan fingerprint density at radius 3 is 3.00 bits per heavy atom. The molecular formula is C14H19N3O. The smallest absolute Gasteiger partial charge is 0.234 e. The summed E-state index contributed by atoms with van der Waals surface area (Å²) in [6.45, 7) is 5.27. The van der Waals surface area contributed by atoms with Gasteiger partial charge in [0, 0.05) is 31.7 Å². The fourth-order valence-corrected chi connectivity index (χ4v) is 2.94. The Labute approximate surface area is 107 Å². The van der Waals surface area contributed by atoms with Gasteiger partial charge in [-0.25, -0.2) is 0 Å². The van der Waals surface area contributed by atoms with Gasteiger partial charge in [0.2, 0.25) is 5.91 Å². The Morgan fingerprint density at radius 1 is 1.28 bits per heavy atom. The third-order valence-corrected chi connectivity index (χ3v) is 3.87. The monoisotopic (exact) mass is 245 g/mol. The number of carbonyl (C=O) groups excluding carboxylic acids is 1. The summed E-state index contributed by atoms with van der Waals surface area (Å²) in [4.78, 5) is 13.9. The average Bonchev–Trinajstić information content (AvgIpc) is 2.38. The van der Waals surface area contributed by atoms with Crippen molar-refractivity contribution in [2.24, 2.45) is 0 Å². The van der Waals surface area contributed by atoms with Crippen LogP contribution in [0, 0.1) is 6.92 Å². The molecule has 0 spiro atoms. The van der Waals surface area contributed by atoms with Crippen LogP contribution in [0.15, 0.2) is 24.3 Å². The van der Waals surface area contributed by atoms with E-state index in [1.54, 1.807) is 0 Å². The van der Waals surface area contributed by atoms with Crippen LogP contribution in [0.2, 0.25) is 0 Å². The van der Waals surface area contributed by atoms with Gasteiger partial charge in [0.1, 0.15) is 0 Å². The lowest BCUT2D eigenvalue weighted by molar-refractivity contribution is -0.127. The molecule has 2 aliphatic rings. The minimum absolute atomic E-state index is 0.144. The topological polar surface area (TPSA) is 44.4 Å². The number of nitrogens with zero attached hydrogens (tertiary/aromatic N) is 1. The average molecular weight is 245 g/mol. The maximum absolute atomic E-state index is 11.6. The summed E-state index contributed by atoms with van der Waals surface area (Å²) in [7, 11) is 0. The molecule has 1 aromatic carbocycles. The number of carbonyl (C=O) groups is 1. The van der Waals surface area contributed by atoms with Crippen molar-refractivity contribution in [3.8, 4) is 0 Å². The van der Waals surface area contributed by atoms with Crippen LogP contribution in [0.4, 0.5) is 0 Å². The van der Waals surface area contributed by atoms with E-state index in [2.05, 4.69) is 46.7 Å². The highest BCUT2D eigenvalue weighted by Crippen LogP contribution is 2.26. The van der Waals surface area contributed by atoms with Gasteiger partial charge >= 0.3 is 0 Å². The quantitative estimate of drug-likeness (QED) is 0.754. The second-order valence-electron chi connectivity index (χ2n) is 5.22. The summed E-state index contributed by atoms with van der Waals surface area (Å²) >= 11 is 0. The van der Waals surface area contributed by atoms with Crippen molar-refractivity contribution in [2.45, 2.75) is 19.0 Å². The van der Waals surface area contributed by atoms with E-state index in [4.69, 9.17) is 0 Å². The van der Waals surface area contributed by atoms with Crippen molar-refractivity contribution < 1.29 is 4.79 Å². The van der Waals surface area contributed by atoms with Gasteiger partial charge in [-0.1, -0.05) is 29.8 Å². The van der Waals surface area contributed by atoms with Gasteiger partial charge in [0.05, 0.1) is 6.54 Å². The molecule has 0 radical (unpaired) electrons. The summed E-state index contributed by atoms with van der Waals surface area (Å²) < 4.78 is 0. The van der Waals surface area contributed by atoms with Crippen molar-refractivity contribution in [3.05, 3.63) is 35.4 Å². The van der Waals surface area contributed by atoms with Gasteiger partial charge in [0.25, 0.3) is 0 Å². The molecule has 2 atom stereocenters. The first-order chi connectivity index (χ1) is 8.74. The highest BCUT2D eigenvalue weighted by molar-refractivity contribution is 5.79. The fraction of sp³-hybridized carbons (Fsp3) is 0.500. The lowest BCUT2D eigenvalue weighted by atomic mass is 9.97. The Balaban J connectivity index is 1.88. The molecule has 0 bridgehead atoms. The van der Waals surface area contributed by atoms with Gasteiger partial charge in [-0.05, 0) is 12.5 Å². The Bertz CT molecular complexity index is 460. The molecule has 0 aromatic heterocycles. The summed E-state index contributed by atoms with van der Waals surface area (Å²) in [6, 6.07) is 9.32. The van der Waals surface area contributed by atoms with E-state index in [0.29, 0.717) is 18.6 Å². The zero-order chi connectivity index (χ0) is 12.5. The molecule has 96 valence electrons. The largest absolute Gasteiger partial charge is 0.353 e. The van der Waals surface area contributed by atoms with Crippen LogP contribution >= 0.6 is 0 Å². The fourth-order valence-electron chi connectivity index (χ4n) is 2.94. The second kappa shape index (κ2) is 4.71. The molecule has 4 nitrogen and oxygen atoms in total. The van der Waals surface area contributed by atoms with E-state index < -0.39 is 0 Å². The first-order valence-corrected chi connectivity index (χ1v) is 6.54. The second-order valence-corrected chi connectivity index (χ2v) is 5.22. The first kappa shape index (κ1) is 11.7. The number of benzene rings is 1. The maximum Gasteiger partial charge on any atom is 0.234 e. The van der Waals surface area contributed by atoms with Crippen LogP contribution in [0.1, 0.15) is 17.2 Å². The Morgan fingerprint density at radius 2 is 2.17 bits per heavy atom. The van der Waals surface area contributed by atoms with E-state index in [9.17, 15) is 4.79 Å². The number of hydrogen-bond acceptors (Lipinski definition) is 3. The number of fused-ring (bicyclic) bond motifs is 1. The molecule has 2 fully saturated rings. The molecular weight excluding hydrogens is 226 g/mol. The number of hydrogen-bond donors (Lipinski definition) is 2. The Kier molecular flexibility index (Phi) is 3.06. The number of aryl methyl sites for hydroxylation is 1. The summed E-state index contributed by atoms with van der Waals surface area (Å²) in [5.41, 5.74) is 2.58. The molecule has 2 N–H and O–H groups in total. The van der Waals surface area contributed by atoms with E-state index in [0.717, 1.165) is 19.6 Å². The molecule has 3 rings (SSSR count). The third-order valence-electron chi connectivity index (χ3n) is 3.87. The van der Waals surface area contributed by atoms with E-state index in [1.165, 1.54) is 11.1 Å². The van der Waals surface area contributed by atoms with Crippen LogP contribution in [0.3, 0.4) is 0 Å². The van der Waals surface area contributed by atoms with Crippen molar-refractivity contribution in [1.82, 2.24) is 15.5 Å². The number of rotatable bonds is 1. The van der Waals surface area contributed by atoms with Gasteiger partial charge in [-0.3, -0.25) is 9.69 Å². The molecule has 0 saturated carbocycles. The van der Waals surface area contributed by atoms with Gasteiger partial charge < -0.3 is 10.6 Å². The third kappa shape index (κ3) is 2.13. The highest BCUT2D eigenvalue weighted by atomic mass is 16.2. The SMILES string of the molecule is Cc1cccc(C2CNCC3CNC(=O)CN32)c1. The van der Waals surface area contributed by atoms with Crippen molar-refractivity contribution >= 4 is 5.91 Å². The zero-order valence-electron chi connectivity index (χ0n) is 10.6. The molecule has 18 heavy (non-hydrogen) atoms. The van der Waals surface area contributed by atoms with Crippen LogP contribution in [0.25, 0.3) is 0 Å².